The Morgan fingerprint density at radius 2 is 1.64 bits per heavy atom. The third-order valence-electron chi connectivity index (χ3n) is 2.15. The second-order valence-corrected chi connectivity index (χ2v) is 3.28. The summed E-state index contributed by atoms with van der Waals surface area (Å²) in [6.07, 6.45) is 1.10. The van der Waals surface area contributed by atoms with Gasteiger partial charge in [-0.1, -0.05) is 13.8 Å². The van der Waals surface area contributed by atoms with Crippen molar-refractivity contribution < 1.29 is 0 Å². The number of nitrogens with zero attached hydrogens (tertiary/aromatic N) is 1. The quantitative estimate of drug-likeness (QED) is 0.656. The normalized spacial score (nSPS) is 16.9. The summed E-state index contributed by atoms with van der Waals surface area (Å²) < 4.78 is 0. The fourth-order valence-electron chi connectivity index (χ4n) is 1.53. The molecular formula is C9H22N2. The van der Waals surface area contributed by atoms with E-state index in [9.17, 15) is 0 Å². The van der Waals surface area contributed by atoms with E-state index in [2.05, 4.69) is 32.6 Å². The summed E-state index contributed by atoms with van der Waals surface area (Å²) in [4.78, 5) is 2.43. The molecule has 0 spiro atoms. The maximum absolute atomic E-state index is 5.71. The molecule has 0 bridgehead atoms. The summed E-state index contributed by atoms with van der Waals surface area (Å²) in [5.41, 5.74) is 5.71. The minimum atomic E-state index is 0.325. The lowest BCUT2D eigenvalue weighted by Gasteiger charge is -2.27. The van der Waals surface area contributed by atoms with E-state index in [-0.39, 0.29) is 0 Å². The molecule has 0 saturated heterocycles. The molecule has 0 aromatic rings. The van der Waals surface area contributed by atoms with Gasteiger partial charge in [0.05, 0.1) is 0 Å². The van der Waals surface area contributed by atoms with Crippen LogP contribution in [0.15, 0.2) is 0 Å². The molecule has 2 atom stereocenters. The highest BCUT2D eigenvalue weighted by Gasteiger charge is 2.10. The Balaban J connectivity index is 3.68. The predicted molar refractivity (Wildman–Crippen MR) is 50.6 cm³/mol. The molecule has 0 aliphatic carbocycles. The zero-order valence-electron chi connectivity index (χ0n) is 8.30. The van der Waals surface area contributed by atoms with Crippen LogP contribution in [0.5, 0.6) is 0 Å². The van der Waals surface area contributed by atoms with Gasteiger partial charge >= 0.3 is 0 Å². The number of hydrogen-bond donors (Lipinski definition) is 1. The molecule has 0 saturated carbocycles. The van der Waals surface area contributed by atoms with E-state index in [0.29, 0.717) is 12.1 Å². The molecule has 0 heterocycles. The van der Waals surface area contributed by atoms with Crippen molar-refractivity contribution in [1.29, 1.82) is 0 Å². The molecule has 68 valence electrons. The van der Waals surface area contributed by atoms with Crippen LogP contribution in [0.2, 0.25) is 0 Å². The molecule has 0 rings (SSSR count). The Labute approximate surface area is 70.8 Å². The molecule has 2 N–H and O–H groups in total. The van der Waals surface area contributed by atoms with Gasteiger partial charge in [-0.25, -0.2) is 0 Å². The van der Waals surface area contributed by atoms with Crippen LogP contribution in [0.1, 0.15) is 34.1 Å². The Morgan fingerprint density at radius 1 is 1.18 bits per heavy atom. The van der Waals surface area contributed by atoms with Crippen LogP contribution >= 0.6 is 0 Å². The van der Waals surface area contributed by atoms with Gasteiger partial charge in [-0.3, -0.25) is 0 Å². The average molecular weight is 158 g/mol. The van der Waals surface area contributed by atoms with Gasteiger partial charge in [-0.2, -0.15) is 0 Å². The second-order valence-electron chi connectivity index (χ2n) is 3.28. The Kier molecular flexibility index (Phi) is 5.51. The SMILES string of the molecule is CCN(CC)C(C)CC(C)N. The number of hydrogen-bond acceptors (Lipinski definition) is 2. The monoisotopic (exact) mass is 158 g/mol. The van der Waals surface area contributed by atoms with Crippen LogP contribution in [-0.2, 0) is 0 Å². The lowest BCUT2D eigenvalue weighted by atomic mass is 10.1. The molecule has 0 aromatic carbocycles. The molecule has 2 unspecified atom stereocenters. The molecular weight excluding hydrogens is 136 g/mol. The summed E-state index contributed by atoms with van der Waals surface area (Å²) >= 11 is 0. The summed E-state index contributed by atoms with van der Waals surface area (Å²) in [6, 6.07) is 0.954. The van der Waals surface area contributed by atoms with Gasteiger partial charge < -0.3 is 10.6 Å². The Morgan fingerprint density at radius 3 is 1.91 bits per heavy atom. The highest BCUT2D eigenvalue weighted by molar-refractivity contribution is 4.68. The molecule has 2 heteroatoms. The van der Waals surface area contributed by atoms with Crippen molar-refractivity contribution in [2.24, 2.45) is 5.73 Å². The van der Waals surface area contributed by atoms with Crippen molar-refractivity contribution in [3.05, 3.63) is 0 Å². The van der Waals surface area contributed by atoms with E-state index in [0.717, 1.165) is 19.5 Å². The van der Waals surface area contributed by atoms with E-state index in [1.807, 2.05) is 0 Å². The van der Waals surface area contributed by atoms with Gasteiger partial charge in [0.25, 0.3) is 0 Å². The van der Waals surface area contributed by atoms with E-state index in [1.165, 1.54) is 0 Å². The van der Waals surface area contributed by atoms with Gasteiger partial charge in [-0.05, 0) is 33.4 Å². The van der Waals surface area contributed by atoms with Crippen molar-refractivity contribution in [2.75, 3.05) is 13.1 Å². The van der Waals surface area contributed by atoms with Crippen LogP contribution in [0.3, 0.4) is 0 Å². The van der Waals surface area contributed by atoms with Crippen LogP contribution < -0.4 is 5.73 Å². The molecule has 0 aliphatic heterocycles. The third kappa shape index (κ3) is 4.38. The fraction of sp³-hybridized carbons (Fsp3) is 1.00. The first-order valence-corrected chi connectivity index (χ1v) is 4.61. The zero-order valence-corrected chi connectivity index (χ0v) is 8.30. The first-order chi connectivity index (χ1) is 5.11. The van der Waals surface area contributed by atoms with Crippen LogP contribution in [-0.4, -0.2) is 30.1 Å². The van der Waals surface area contributed by atoms with E-state index in [4.69, 9.17) is 5.73 Å². The summed E-state index contributed by atoms with van der Waals surface area (Å²) in [7, 11) is 0. The van der Waals surface area contributed by atoms with E-state index >= 15 is 0 Å². The van der Waals surface area contributed by atoms with Gasteiger partial charge in [0.2, 0.25) is 0 Å². The number of nitrogens with two attached hydrogens (primary N) is 1. The van der Waals surface area contributed by atoms with Crippen molar-refractivity contribution in [1.82, 2.24) is 4.90 Å². The van der Waals surface area contributed by atoms with E-state index in [1.54, 1.807) is 0 Å². The summed E-state index contributed by atoms with van der Waals surface area (Å²) in [5.74, 6) is 0. The van der Waals surface area contributed by atoms with E-state index < -0.39 is 0 Å². The molecule has 0 radical (unpaired) electrons. The zero-order chi connectivity index (χ0) is 8.85. The van der Waals surface area contributed by atoms with Crippen molar-refractivity contribution in [2.45, 2.75) is 46.2 Å². The molecule has 0 aromatic heterocycles. The fourth-order valence-corrected chi connectivity index (χ4v) is 1.53. The van der Waals surface area contributed by atoms with Crippen LogP contribution in [0.4, 0.5) is 0 Å². The topological polar surface area (TPSA) is 29.3 Å². The van der Waals surface area contributed by atoms with Crippen LogP contribution in [0, 0.1) is 0 Å². The average Bonchev–Trinajstić information content (AvgIpc) is 1.88. The molecule has 11 heavy (non-hydrogen) atoms. The van der Waals surface area contributed by atoms with Gasteiger partial charge in [-0.15, -0.1) is 0 Å². The Hall–Kier alpha value is -0.0800. The second kappa shape index (κ2) is 5.56. The molecule has 0 aliphatic rings. The predicted octanol–water partition coefficient (Wildman–Crippen LogP) is 1.45. The summed E-state index contributed by atoms with van der Waals surface area (Å²) in [6.45, 7) is 11.0. The van der Waals surface area contributed by atoms with Gasteiger partial charge in [0.1, 0.15) is 0 Å². The molecule has 2 nitrogen and oxygen atoms in total. The molecule has 0 fully saturated rings. The van der Waals surface area contributed by atoms with Gasteiger partial charge in [0.15, 0.2) is 0 Å². The molecule has 0 amide bonds. The number of rotatable bonds is 5. The standard InChI is InChI=1S/C9H22N2/c1-5-11(6-2)9(4)7-8(3)10/h8-9H,5-7,10H2,1-4H3. The maximum atomic E-state index is 5.71. The smallest absolute Gasteiger partial charge is 0.00813 e. The highest BCUT2D eigenvalue weighted by atomic mass is 15.1. The van der Waals surface area contributed by atoms with Crippen molar-refractivity contribution in [3.63, 3.8) is 0 Å². The lowest BCUT2D eigenvalue weighted by Crippen LogP contribution is -2.36. The van der Waals surface area contributed by atoms with Crippen LogP contribution in [0.25, 0.3) is 0 Å². The lowest BCUT2D eigenvalue weighted by molar-refractivity contribution is 0.214. The largest absolute Gasteiger partial charge is 0.328 e. The highest BCUT2D eigenvalue weighted by Crippen LogP contribution is 2.04. The summed E-state index contributed by atoms with van der Waals surface area (Å²) in [5, 5.41) is 0. The first kappa shape index (κ1) is 10.9. The van der Waals surface area contributed by atoms with Gasteiger partial charge in [0, 0.05) is 12.1 Å². The maximum Gasteiger partial charge on any atom is 0.00813 e. The minimum absolute atomic E-state index is 0.325. The van der Waals surface area contributed by atoms with Crippen molar-refractivity contribution in [3.8, 4) is 0 Å². The first-order valence-electron chi connectivity index (χ1n) is 4.61. The van der Waals surface area contributed by atoms with Crippen molar-refractivity contribution >= 4 is 0 Å². The minimum Gasteiger partial charge on any atom is -0.328 e. The Bertz CT molecular complexity index is 87.6. The third-order valence-corrected chi connectivity index (χ3v) is 2.15.